The molecule has 0 heterocycles. The highest BCUT2D eigenvalue weighted by atomic mass is 16.5. The monoisotopic (exact) mass is 271 g/mol. The molecule has 0 saturated carbocycles. The van der Waals surface area contributed by atoms with Crippen molar-refractivity contribution in [3.63, 3.8) is 0 Å². The van der Waals surface area contributed by atoms with Gasteiger partial charge >= 0.3 is 0 Å². The van der Waals surface area contributed by atoms with Crippen LogP contribution in [0, 0.1) is 6.92 Å². The summed E-state index contributed by atoms with van der Waals surface area (Å²) in [6, 6.07) is 13.9. The molecule has 2 aromatic carbocycles. The summed E-state index contributed by atoms with van der Waals surface area (Å²) in [5, 5.41) is 0. The zero-order valence-corrected chi connectivity index (χ0v) is 12.2. The van der Waals surface area contributed by atoms with Gasteiger partial charge < -0.3 is 15.2 Å². The minimum absolute atomic E-state index is 0.00174. The number of methoxy groups -OCH3 is 1. The van der Waals surface area contributed by atoms with E-state index >= 15 is 0 Å². The Morgan fingerprint density at radius 1 is 1.10 bits per heavy atom. The maximum absolute atomic E-state index is 5.92. The van der Waals surface area contributed by atoms with E-state index in [1.807, 2.05) is 56.3 Å². The van der Waals surface area contributed by atoms with Crippen LogP contribution in [0.3, 0.4) is 0 Å². The van der Waals surface area contributed by atoms with Crippen LogP contribution in [-0.2, 0) is 6.61 Å². The van der Waals surface area contributed by atoms with Gasteiger partial charge in [0.15, 0.2) is 0 Å². The van der Waals surface area contributed by atoms with E-state index in [9.17, 15) is 0 Å². The molecular weight excluding hydrogens is 250 g/mol. The van der Waals surface area contributed by atoms with Gasteiger partial charge in [-0.1, -0.05) is 24.3 Å². The molecule has 1 unspecified atom stereocenters. The van der Waals surface area contributed by atoms with Gasteiger partial charge in [-0.15, -0.1) is 0 Å². The number of hydrogen-bond acceptors (Lipinski definition) is 3. The fraction of sp³-hybridized carbons (Fsp3) is 0.294. The van der Waals surface area contributed by atoms with Crippen LogP contribution in [0.2, 0.25) is 0 Å². The average Bonchev–Trinajstić information content (AvgIpc) is 2.46. The molecule has 3 nitrogen and oxygen atoms in total. The first-order chi connectivity index (χ1) is 9.61. The third-order valence-electron chi connectivity index (χ3n) is 3.31. The molecule has 2 rings (SSSR count). The van der Waals surface area contributed by atoms with Crippen LogP contribution in [0.15, 0.2) is 42.5 Å². The maximum atomic E-state index is 5.92. The predicted molar refractivity (Wildman–Crippen MR) is 81.1 cm³/mol. The lowest BCUT2D eigenvalue weighted by atomic mass is 10.1. The SMILES string of the molecule is COc1ccc(C(C)N)cc1COc1ccccc1C. The molecule has 0 amide bonds. The molecule has 0 bridgehead atoms. The quantitative estimate of drug-likeness (QED) is 0.903. The highest BCUT2D eigenvalue weighted by Crippen LogP contribution is 2.25. The Hall–Kier alpha value is -2.00. The summed E-state index contributed by atoms with van der Waals surface area (Å²) >= 11 is 0. The number of nitrogens with two attached hydrogens (primary N) is 1. The van der Waals surface area contributed by atoms with Gasteiger partial charge in [0.1, 0.15) is 18.1 Å². The van der Waals surface area contributed by atoms with Crippen molar-refractivity contribution in [2.45, 2.75) is 26.5 Å². The van der Waals surface area contributed by atoms with E-state index in [0.29, 0.717) is 6.61 Å². The van der Waals surface area contributed by atoms with Crippen LogP contribution in [0.1, 0.15) is 29.7 Å². The summed E-state index contributed by atoms with van der Waals surface area (Å²) in [7, 11) is 1.66. The number of benzene rings is 2. The minimum atomic E-state index is -0.00174. The number of ether oxygens (including phenoxy) is 2. The normalized spacial score (nSPS) is 12.0. The molecule has 106 valence electrons. The molecule has 0 fully saturated rings. The van der Waals surface area contributed by atoms with E-state index in [2.05, 4.69) is 0 Å². The van der Waals surface area contributed by atoms with Crippen LogP contribution in [0.25, 0.3) is 0 Å². The Morgan fingerprint density at radius 3 is 2.50 bits per heavy atom. The number of para-hydroxylation sites is 1. The summed E-state index contributed by atoms with van der Waals surface area (Å²) in [4.78, 5) is 0. The van der Waals surface area contributed by atoms with Crippen molar-refractivity contribution in [1.82, 2.24) is 0 Å². The lowest BCUT2D eigenvalue weighted by Gasteiger charge is -2.14. The first-order valence-corrected chi connectivity index (χ1v) is 6.72. The van der Waals surface area contributed by atoms with Crippen LogP contribution < -0.4 is 15.2 Å². The molecule has 2 aromatic rings. The number of rotatable bonds is 5. The minimum Gasteiger partial charge on any atom is -0.496 e. The lowest BCUT2D eigenvalue weighted by Crippen LogP contribution is -2.07. The number of hydrogen-bond donors (Lipinski definition) is 1. The molecule has 0 aliphatic carbocycles. The van der Waals surface area contributed by atoms with E-state index in [4.69, 9.17) is 15.2 Å². The average molecular weight is 271 g/mol. The summed E-state index contributed by atoms with van der Waals surface area (Å²) in [5.41, 5.74) is 9.13. The smallest absolute Gasteiger partial charge is 0.125 e. The van der Waals surface area contributed by atoms with Crippen molar-refractivity contribution in [3.05, 3.63) is 59.2 Å². The van der Waals surface area contributed by atoms with E-state index in [-0.39, 0.29) is 6.04 Å². The molecular formula is C17H21NO2. The Morgan fingerprint density at radius 2 is 1.85 bits per heavy atom. The van der Waals surface area contributed by atoms with Crippen LogP contribution >= 0.6 is 0 Å². The van der Waals surface area contributed by atoms with Gasteiger partial charge in [0.2, 0.25) is 0 Å². The second-order valence-corrected chi connectivity index (χ2v) is 4.91. The van der Waals surface area contributed by atoms with E-state index < -0.39 is 0 Å². The van der Waals surface area contributed by atoms with Crippen LogP contribution in [0.4, 0.5) is 0 Å². The van der Waals surface area contributed by atoms with Crippen molar-refractivity contribution in [2.75, 3.05) is 7.11 Å². The molecule has 0 saturated heterocycles. The molecule has 3 heteroatoms. The maximum Gasteiger partial charge on any atom is 0.125 e. The highest BCUT2D eigenvalue weighted by molar-refractivity contribution is 5.39. The standard InChI is InChI=1S/C17H21NO2/c1-12-6-4-5-7-16(12)20-11-15-10-14(13(2)18)8-9-17(15)19-3/h4-10,13H,11,18H2,1-3H3. The van der Waals surface area contributed by atoms with Gasteiger partial charge in [-0.05, 0) is 43.2 Å². The predicted octanol–water partition coefficient (Wildman–Crippen LogP) is 3.60. The van der Waals surface area contributed by atoms with Crippen LogP contribution in [-0.4, -0.2) is 7.11 Å². The van der Waals surface area contributed by atoms with Gasteiger partial charge in [0.25, 0.3) is 0 Å². The van der Waals surface area contributed by atoms with Crippen molar-refractivity contribution in [3.8, 4) is 11.5 Å². The highest BCUT2D eigenvalue weighted by Gasteiger charge is 2.08. The first kappa shape index (κ1) is 14.4. The Bertz CT molecular complexity index is 579. The Labute approximate surface area is 120 Å². The molecule has 0 aliphatic rings. The topological polar surface area (TPSA) is 44.5 Å². The summed E-state index contributed by atoms with van der Waals surface area (Å²) in [5.74, 6) is 1.71. The molecule has 0 radical (unpaired) electrons. The van der Waals surface area contributed by atoms with Crippen molar-refractivity contribution >= 4 is 0 Å². The Balaban J connectivity index is 2.19. The molecule has 20 heavy (non-hydrogen) atoms. The molecule has 0 aromatic heterocycles. The molecule has 0 aliphatic heterocycles. The van der Waals surface area contributed by atoms with E-state index in [0.717, 1.165) is 28.2 Å². The van der Waals surface area contributed by atoms with E-state index in [1.165, 1.54) is 0 Å². The Kier molecular flexibility index (Phi) is 4.64. The van der Waals surface area contributed by atoms with Crippen LogP contribution in [0.5, 0.6) is 11.5 Å². The largest absolute Gasteiger partial charge is 0.496 e. The number of aryl methyl sites for hydroxylation is 1. The van der Waals surface area contributed by atoms with Crippen molar-refractivity contribution in [1.29, 1.82) is 0 Å². The second kappa shape index (κ2) is 6.44. The zero-order valence-electron chi connectivity index (χ0n) is 12.2. The fourth-order valence-corrected chi connectivity index (χ4v) is 2.07. The summed E-state index contributed by atoms with van der Waals surface area (Å²) in [6.45, 7) is 4.47. The third kappa shape index (κ3) is 3.31. The second-order valence-electron chi connectivity index (χ2n) is 4.91. The molecule has 0 spiro atoms. The first-order valence-electron chi connectivity index (χ1n) is 6.72. The summed E-state index contributed by atoms with van der Waals surface area (Å²) in [6.07, 6.45) is 0. The van der Waals surface area contributed by atoms with Gasteiger partial charge in [0.05, 0.1) is 7.11 Å². The van der Waals surface area contributed by atoms with Gasteiger partial charge in [-0.2, -0.15) is 0 Å². The zero-order chi connectivity index (χ0) is 14.5. The van der Waals surface area contributed by atoms with Crippen molar-refractivity contribution < 1.29 is 9.47 Å². The molecule has 2 N–H and O–H groups in total. The summed E-state index contributed by atoms with van der Waals surface area (Å²) < 4.78 is 11.3. The fourth-order valence-electron chi connectivity index (χ4n) is 2.07. The van der Waals surface area contributed by atoms with Gasteiger partial charge in [-0.3, -0.25) is 0 Å². The van der Waals surface area contributed by atoms with Gasteiger partial charge in [-0.25, -0.2) is 0 Å². The molecule has 1 atom stereocenters. The van der Waals surface area contributed by atoms with Gasteiger partial charge in [0, 0.05) is 11.6 Å². The third-order valence-corrected chi connectivity index (χ3v) is 3.31. The lowest BCUT2D eigenvalue weighted by molar-refractivity contribution is 0.294. The van der Waals surface area contributed by atoms with Crippen molar-refractivity contribution in [2.24, 2.45) is 5.73 Å². The van der Waals surface area contributed by atoms with E-state index in [1.54, 1.807) is 7.11 Å².